The normalized spacial score (nSPS) is 10.5. The highest BCUT2D eigenvalue weighted by atomic mass is 16.1. The van der Waals surface area contributed by atoms with Crippen LogP contribution in [0.3, 0.4) is 0 Å². The minimum absolute atomic E-state index is 0.167. The van der Waals surface area contributed by atoms with Gasteiger partial charge in [0.2, 0.25) is 5.56 Å². The summed E-state index contributed by atoms with van der Waals surface area (Å²) in [7, 11) is 0. The zero-order chi connectivity index (χ0) is 18.6. The number of anilines is 3. The van der Waals surface area contributed by atoms with Gasteiger partial charge in [-0.2, -0.15) is 0 Å². The number of carbonyl (C=O) groups excluding carboxylic acids is 1. The van der Waals surface area contributed by atoms with Crippen LogP contribution >= 0.6 is 0 Å². The Bertz CT molecular complexity index is 1150. The first kappa shape index (κ1) is 16.5. The molecule has 0 saturated carbocycles. The topological polar surface area (TPSA) is 86.9 Å². The summed E-state index contributed by atoms with van der Waals surface area (Å²) in [4.78, 5) is 30.6. The minimum Gasteiger partial charge on any atom is -0.355 e. The van der Waals surface area contributed by atoms with E-state index in [1.807, 2.05) is 48.5 Å². The number of para-hydroxylation sites is 1. The summed E-state index contributed by atoms with van der Waals surface area (Å²) in [6, 6.07) is 21.5. The van der Waals surface area contributed by atoms with Crippen LogP contribution < -0.4 is 16.2 Å². The smallest absolute Gasteiger partial charge is 0.255 e. The second-order valence-corrected chi connectivity index (χ2v) is 5.97. The van der Waals surface area contributed by atoms with E-state index in [1.165, 1.54) is 6.07 Å². The van der Waals surface area contributed by atoms with E-state index in [4.69, 9.17) is 0 Å². The molecule has 0 fully saturated rings. The van der Waals surface area contributed by atoms with Gasteiger partial charge in [-0.1, -0.05) is 18.2 Å². The van der Waals surface area contributed by atoms with Crippen LogP contribution in [-0.2, 0) is 0 Å². The molecule has 0 bridgehead atoms. The molecule has 0 unspecified atom stereocenters. The maximum absolute atomic E-state index is 12.3. The Morgan fingerprint density at radius 3 is 2.41 bits per heavy atom. The predicted molar refractivity (Wildman–Crippen MR) is 106 cm³/mol. The standard InChI is InChI=1S/C21H16N4O2/c26-19-11-10-17-18(12-13-22-20(17)25-19)23-16-8-6-14(7-9-16)21(27)24-15-4-2-1-3-5-15/h1-13H,(H,24,27)(H2,22,23,25,26). The minimum atomic E-state index is -0.194. The van der Waals surface area contributed by atoms with E-state index >= 15 is 0 Å². The molecule has 0 radical (unpaired) electrons. The summed E-state index contributed by atoms with van der Waals surface area (Å²) in [5.74, 6) is -0.167. The van der Waals surface area contributed by atoms with Gasteiger partial charge in [-0.15, -0.1) is 0 Å². The Balaban J connectivity index is 1.53. The molecule has 1 amide bonds. The van der Waals surface area contributed by atoms with Crippen molar-refractivity contribution in [1.29, 1.82) is 0 Å². The summed E-state index contributed by atoms with van der Waals surface area (Å²) in [6.07, 6.45) is 1.63. The molecule has 0 spiro atoms. The summed E-state index contributed by atoms with van der Waals surface area (Å²) < 4.78 is 0. The molecule has 0 aliphatic rings. The molecule has 2 aromatic carbocycles. The SMILES string of the molecule is O=C(Nc1ccccc1)c1ccc(Nc2ccnc3[nH]c(=O)ccc23)cc1. The number of hydrogen-bond acceptors (Lipinski definition) is 4. The molecule has 6 heteroatoms. The third-order valence-corrected chi connectivity index (χ3v) is 4.09. The molecule has 0 atom stereocenters. The van der Waals surface area contributed by atoms with E-state index in [2.05, 4.69) is 20.6 Å². The van der Waals surface area contributed by atoms with Crippen LogP contribution in [0.25, 0.3) is 11.0 Å². The third-order valence-electron chi connectivity index (χ3n) is 4.09. The van der Waals surface area contributed by atoms with Gasteiger partial charge in [0, 0.05) is 34.6 Å². The Hall–Kier alpha value is -3.93. The number of fused-ring (bicyclic) bond motifs is 1. The first-order valence-corrected chi connectivity index (χ1v) is 8.40. The highest BCUT2D eigenvalue weighted by Crippen LogP contribution is 2.23. The number of hydrogen-bond donors (Lipinski definition) is 3. The molecule has 6 nitrogen and oxygen atoms in total. The Morgan fingerprint density at radius 2 is 1.63 bits per heavy atom. The number of nitrogens with zero attached hydrogens (tertiary/aromatic N) is 1. The van der Waals surface area contributed by atoms with E-state index < -0.39 is 0 Å². The number of carbonyl (C=O) groups is 1. The highest BCUT2D eigenvalue weighted by Gasteiger charge is 2.07. The predicted octanol–water partition coefficient (Wildman–Crippen LogP) is 3.92. The van der Waals surface area contributed by atoms with Gasteiger partial charge >= 0.3 is 0 Å². The second kappa shape index (κ2) is 7.13. The lowest BCUT2D eigenvalue weighted by Gasteiger charge is -2.10. The first-order chi connectivity index (χ1) is 13.2. The lowest BCUT2D eigenvalue weighted by Crippen LogP contribution is -2.11. The van der Waals surface area contributed by atoms with Crippen LogP contribution in [0.4, 0.5) is 17.1 Å². The lowest BCUT2D eigenvalue weighted by molar-refractivity contribution is 0.102. The molecular weight excluding hydrogens is 340 g/mol. The Morgan fingerprint density at radius 1 is 0.852 bits per heavy atom. The molecule has 0 saturated heterocycles. The van der Waals surface area contributed by atoms with E-state index in [9.17, 15) is 9.59 Å². The van der Waals surface area contributed by atoms with Gasteiger partial charge in [0.25, 0.3) is 5.91 Å². The summed E-state index contributed by atoms with van der Waals surface area (Å²) in [5.41, 5.74) is 3.28. The van der Waals surface area contributed by atoms with Crippen molar-refractivity contribution in [2.75, 3.05) is 10.6 Å². The van der Waals surface area contributed by atoms with Crippen LogP contribution in [0.15, 0.2) is 83.8 Å². The Labute approximate surface area is 154 Å². The van der Waals surface area contributed by atoms with Gasteiger partial charge in [-0.25, -0.2) is 4.98 Å². The molecule has 2 aromatic heterocycles. The number of rotatable bonds is 4. The summed E-state index contributed by atoms with van der Waals surface area (Å²) >= 11 is 0. The van der Waals surface area contributed by atoms with Crippen molar-refractivity contribution in [1.82, 2.24) is 9.97 Å². The number of benzene rings is 2. The molecule has 132 valence electrons. The number of amides is 1. The third kappa shape index (κ3) is 3.69. The number of nitrogens with one attached hydrogen (secondary N) is 3. The van der Waals surface area contributed by atoms with Gasteiger partial charge in [0.1, 0.15) is 5.65 Å². The van der Waals surface area contributed by atoms with E-state index in [-0.39, 0.29) is 11.5 Å². The summed E-state index contributed by atoms with van der Waals surface area (Å²) in [6.45, 7) is 0. The molecule has 3 N–H and O–H groups in total. The van der Waals surface area contributed by atoms with Gasteiger partial charge in [-0.05, 0) is 48.5 Å². The van der Waals surface area contributed by atoms with Crippen molar-refractivity contribution in [3.8, 4) is 0 Å². The fourth-order valence-corrected chi connectivity index (χ4v) is 2.75. The van der Waals surface area contributed by atoms with Crippen molar-refractivity contribution in [2.24, 2.45) is 0 Å². The summed E-state index contributed by atoms with van der Waals surface area (Å²) in [5, 5.41) is 6.95. The fraction of sp³-hybridized carbons (Fsp3) is 0. The van der Waals surface area contributed by atoms with E-state index in [0.29, 0.717) is 11.2 Å². The van der Waals surface area contributed by atoms with Crippen molar-refractivity contribution >= 4 is 34.0 Å². The quantitative estimate of drug-likeness (QED) is 0.517. The van der Waals surface area contributed by atoms with Crippen LogP contribution in [0.2, 0.25) is 0 Å². The largest absolute Gasteiger partial charge is 0.355 e. The van der Waals surface area contributed by atoms with E-state index in [0.717, 1.165) is 22.4 Å². The maximum atomic E-state index is 12.3. The average molecular weight is 356 g/mol. The monoisotopic (exact) mass is 356 g/mol. The van der Waals surface area contributed by atoms with Crippen molar-refractivity contribution in [3.63, 3.8) is 0 Å². The molecule has 0 aliphatic heterocycles. The van der Waals surface area contributed by atoms with Gasteiger partial charge < -0.3 is 15.6 Å². The lowest BCUT2D eigenvalue weighted by atomic mass is 10.1. The molecule has 27 heavy (non-hydrogen) atoms. The molecule has 0 aliphatic carbocycles. The first-order valence-electron chi connectivity index (χ1n) is 8.40. The number of aromatic amines is 1. The fourth-order valence-electron chi connectivity index (χ4n) is 2.75. The number of pyridine rings is 2. The molecular formula is C21H16N4O2. The zero-order valence-corrected chi connectivity index (χ0v) is 14.3. The van der Waals surface area contributed by atoms with Crippen LogP contribution in [-0.4, -0.2) is 15.9 Å². The van der Waals surface area contributed by atoms with E-state index in [1.54, 1.807) is 24.4 Å². The van der Waals surface area contributed by atoms with Crippen molar-refractivity contribution in [3.05, 3.63) is 94.9 Å². The zero-order valence-electron chi connectivity index (χ0n) is 14.3. The number of H-pyrrole nitrogens is 1. The second-order valence-electron chi connectivity index (χ2n) is 5.97. The molecule has 4 aromatic rings. The van der Waals surface area contributed by atoms with Crippen molar-refractivity contribution in [2.45, 2.75) is 0 Å². The van der Waals surface area contributed by atoms with Crippen LogP contribution in [0.1, 0.15) is 10.4 Å². The van der Waals surface area contributed by atoms with Gasteiger partial charge in [0.15, 0.2) is 0 Å². The van der Waals surface area contributed by atoms with Crippen LogP contribution in [0, 0.1) is 0 Å². The van der Waals surface area contributed by atoms with Crippen LogP contribution in [0.5, 0.6) is 0 Å². The molecule has 2 heterocycles. The van der Waals surface area contributed by atoms with Gasteiger partial charge in [-0.3, -0.25) is 9.59 Å². The maximum Gasteiger partial charge on any atom is 0.255 e. The highest BCUT2D eigenvalue weighted by molar-refractivity contribution is 6.04. The Kier molecular flexibility index (Phi) is 4.37. The molecule has 4 rings (SSSR count). The van der Waals surface area contributed by atoms with Crippen molar-refractivity contribution < 1.29 is 4.79 Å². The number of aromatic nitrogens is 2. The van der Waals surface area contributed by atoms with Gasteiger partial charge in [0.05, 0.1) is 5.69 Å². The average Bonchev–Trinajstić information content (AvgIpc) is 2.69.